The molecule has 24 heavy (non-hydrogen) atoms. The molecule has 0 N–H and O–H groups in total. The van der Waals surface area contributed by atoms with Gasteiger partial charge in [-0.1, -0.05) is 0 Å². The van der Waals surface area contributed by atoms with Crippen LogP contribution in [0.3, 0.4) is 0 Å². The highest BCUT2D eigenvalue weighted by Gasteiger charge is 2.61. The third kappa shape index (κ3) is 0.926. The average molecular weight is 312 g/mol. The summed E-state index contributed by atoms with van der Waals surface area (Å²) >= 11 is 0. The van der Waals surface area contributed by atoms with Gasteiger partial charge < -0.3 is 0 Å². The fourth-order valence-electron chi connectivity index (χ4n) is 9.04. The molecule has 0 radical (unpaired) electrons. The summed E-state index contributed by atoms with van der Waals surface area (Å²) in [7, 11) is 0. The highest BCUT2D eigenvalue weighted by molar-refractivity contribution is 5.73. The first-order valence-corrected chi connectivity index (χ1v) is 10.8. The minimum atomic E-state index is 0.986. The highest BCUT2D eigenvalue weighted by atomic mass is 14.7. The first kappa shape index (κ1) is 11.6. The first-order valence-electron chi connectivity index (χ1n) is 10.8. The molecule has 0 aromatic heterocycles. The van der Waals surface area contributed by atoms with Crippen LogP contribution in [0.2, 0.25) is 0 Å². The van der Waals surface area contributed by atoms with Gasteiger partial charge in [0.05, 0.1) is 0 Å². The van der Waals surface area contributed by atoms with E-state index in [1.165, 1.54) is 51.4 Å². The van der Waals surface area contributed by atoms with Crippen LogP contribution in [0.1, 0.15) is 51.4 Å². The molecule has 0 aromatic rings. The normalized spacial score (nSPS) is 56.0. The molecule has 8 bridgehead atoms. The maximum Gasteiger partial charge on any atom is -0.0144 e. The van der Waals surface area contributed by atoms with Gasteiger partial charge in [0.1, 0.15) is 0 Å². The van der Waals surface area contributed by atoms with Gasteiger partial charge in [-0.25, -0.2) is 0 Å². The number of rotatable bonds is 0. The second kappa shape index (κ2) is 3.19. The van der Waals surface area contributed by atoms with Gasteiger partial charge in [0.15, 0.2) is 0 Å². The zero-order valence-electron chi connectivity index (χ0n) is 14.3. The van der Waals surface area contributed by atoms with Crippen molar-refractivity contribution in [2.75, 3.05) is 0 Å². The highest BCUT2D eigenvalue weighted by Crippen LogP contribution is 2.74. The van der Waals surface area contributed by atoms with Crippen LogP contribution in [0.4, 0.5) is 0 Å². The summed E-state index contributed by atoms with van der Waals surface area (Å²) in [5.74, 6) is 7.88. The smallest absolute Gasteiger partial charge is 0.0144 e. The largest absolute Gasteiger partial charge is 0.0394 e. The predicted molar refractivity (Wildman–Crippen MR) is 93.0 cm³/mol. The molecule has 13 aliphatic carbocycles. The summed E-state index contributed by atoms with van der Waals surface area (Å²) < 4.78 is 0. The summed E-state index contributed by atoms with van der Waals surface area (Å²) in [6.45, 7) is 0. The monoisotopic (exact) mass is 312 g/mol. The Morgan fingerprint density at radius 3 is 0.500 bits per heavy atom. The topological polar surface area (TPSA) is 0 Å². The minimum absolute atomic E-state index is 0.986. The molecule has 0 atom stereocenters. The summed E-state index contributed by atoms with van der Waals surface area (Å²) in [4.78, 5) is 0. The Kier molecular flexibility index (Phi) is 1.54. The minimum Gasteiger partial charge on any atom is -0.0394 e. The second-order valence-electron chi connectivity index (χ2n) is 10.8. The fourth-order valence-corrected chi connectivity index (χ4v) is 9.04. The lowest BCUT2D eigenvalue weighted by atomic mass is 9.74. The van der Waals surface area contributed by atoms with Gasteiger partial charge in [-0.2, -0.15) is 0 Å². The molecule has 13 rings (SSSR count). The number of hydrogen-bond acceptors (Lipinski definition) is 0. The lowest BCUT2D eigenvalue weighted by molar-refractivity contribution is 0.288. The summed E-state index contributed by atoms with van der Waals surface area (Å²) in [6.07, 6.45) is 12.3. The Balaban J connectivity index is 1.45. The van der Waals surface area contributed by atoms with Crippen molar-refractivity contribution in [1.82, 2.24) is 0 Å². The maximum absolute atomic E-state index is 1.98. The molecule has 0 aromatic carbocycles. The molecule has 0 amide bonds. The summed E-state index contributed by atoms with van der Waals surface area (Å²) in [6, 6.07) is 0. The number of hydrogen-bond donors (Lipinski definition) is 0. The molecule has 0 unspecified atom stereocenters. The van der Waals surface area contributed by atoms with Gasteiger partial charge in [-0.15, -0.1) is 0 Å². The van der Waals surface area contributed by atoms with Crippen LogP contribution < -0.4 is 0 Å². The van der Waals surface area contributed by atoms with Crippen molar-refractivity contribution in [3.05, 3.63) is 44.6 Å². The lowest BCUT2D eigenvalue weighted by Crippen LogP contribution is -2.19. The molecule has 0 heterocycles. The van der Waals surface area contributed by atoms with Gasteiger partial charge in [-0.05, 0) is 143 Å². The van der Waals surface area contributed by atoms with Crippen LogP contribution in [0.5, 0.6) is 0 Å². The first-order chi connectivity index (χ1) is 11.9. The molecule has 0 aliphatic heterocycles. The molecule has 4 saturated carbocycles. The maximum atomic E-state index is 1.98. The predicted octanol–water partition coefficient (Wildman–Crippen LogP) is 5.35. The van der Waals surface area contributed by atoms with E-state index in [0.717, 1.165) is 47.3 Å². The van der Waals surface area contributed by atoms with E-state index in [9.17, 15) is 0 Å². The van der Waals surface area contributed by atoms with Crippen molar-refractivity contribution >= 4 is 0 Å². The molecule has 13 aliphatic rings. The number of allylic oxidation sites excluding steroid dienone is 8. The van der Waals surface area contributed by atoms with Crippen molar-refractivity contribution in [2.24, 2.45) is 47.3 Å². The van der Waals surface area contributed by atoms with Crippen molar-refractivity contribution < 1.29 is 0 Å². The van der Waals surface area contributed by atoms with Crippen LogP contribution >= 0.6 is 0 Å². The van der Waals surface area contributed by atoms with Crippen LogP contribution in [0, 0.1) is 47.3 Å². The van der Waals surface area contributed by atoms with Gasteiger partial charge in [0.2, 0.25) is 0 Å². The second-order valence-corrected chi connectivity index (χ2v) is 10.8. The molecular weight excluding hydrogens is 288 g/mol. The van der Waals surface area contributed by atoms with Gasteiger partial charge in [0, 0.05) is 0 Å². The Morgan fingerprint density at radius 2 is 0.375 bits per heavy atom. The van der Waals surface area contributed by atoms with E-state index in [0.29, 0.717) is 0 Å². The standard InChI is InChI=1S/C24H24/c1-9-2-10(1)18-17(9)19-11-3-13(4-11)21(19)23-15-7-16(8-15)24(23)22-14-5-12(6-14)20(18)22/h9-16H,1-8H2. The van der Waals surface area contributed by atoms with E-state index < -0.39 is 0 Å². The molecule has 120 valence electrons. The van der Waals surface area contributed by atoms with Crippen LogP contribution in [0.25, 0.3) is 0 Å². The Bertz CT molecular complexity index is 656. The summed E-state index contributed by atoms with van der Waals surface area (Å²) in [5.41, 5.74) is 15.9. The van der Waals surface area contributed by atoms with Crippen molar-refractivity contribution in [3.63, 3.8) is 0 Å². The quantitative estimate of drug-likeness (QED) is 0.566. The van der Waals surface area contributed by atoms with E-state index >= 15 is 0 Å². The van der Waals surface area contributed by atoms with E-state index in [4.69, 9.17) is 0 Å². The summed E-state index contributed by atoms with van der Waals surface area (Å²) in [5, 5.41) is 0. The van der Waals surface area contributed by atoms with E-state index in [-0.39, 0.29) is 0 Å². The van der Waals surface area contributed by atoms with Crippen LogP contribution in [-0.2, 0) is 0 Å². The zero-order chi connectivity index (χ0) is 14.9. The molecular formula is C24H24. The van der Waals surface area contributed by atoms with Gasteiger partial charge in [-0.3, -0.25) is 0 Å². The average Bonchev–Trinajstić information content (AvgIpc) is 3.18. The van der Waals surface area contributed by atoms with Crippen LogP contribution in [0.15, 0.2) is 44.6 Å². The third-order valence-corrected chi connectivity index (χ3v) is 10.1. The lowest BCUT2D eigenvalue weighted by Gasteiger charge is -2.29. The zero-order valence-corrected chi connectivity index (χ0v) is 14.3. The third-order valence-electron chi connectivity index (χ3n) is 10.1. The van der Waals surface area contributed by atoms with Crippen molar-refractivity contribution in [2.45, 2.75) is 51.4 Å². The van der Waals surface area contributed by atoms with Crippen LogP contribution in [-0.4, -0.2) is 0 Å². The fraction of sp³-hybridized carbons (Fsp3) is 0.667. The SMILES string of the molecule is C1C2CC1C1=C2C2=C(C3=C(C4=C1C1CC4C1)C1CC3C1)C1CC2C1. The van der Waals surface area contributed by atoms with Crippen molar-refractivity contribution in [3.8, 4) is 0 Å². The molecule has 0 saturated heterocycles. The molecule has 0 nitrogen and oxygen atoms in total. The Hall–Kier alpha value is -1.04. The Morgan fingerprint density at radius 1 is 0.250 bits per heavy atom. The van der Waals surface area contributed by atoms with Crippen molar-refractivity contribution in [1.29, 1.82) is 0 Å². The molecule has 0 spiro atoms. The van der Waals surface area contributed by atoms with E-state index in [1.54, 1.807) is 0 Å². The van der Waals surface area contributed by atoms with E-state index in [1.807, 2.05) is 44.6 Å². The van der Waals surface area contributed by atoms with Gasteiger partial charge in [0.25, 0.3) is 0 Å². The molecule has 0 heteroatoms. The Labute approximate surface area is 143 Å². The molecule has 4 fully saturated rings. The van der Waals surface area contributed by atoms with Gasteiger partial charge >= 0.3 is 0 Å². The van der Waals surface area contributed by atoms with E-state index in [2.05, 4.69) is 0 Å².